The first kappa shape index (κ1) is 22.7. The highest BCUT2D eigenvalue weighted by Gasteiger charge is 2.05. The van der Waals surface area contributed by atoms with Crippen molar-refractivity contribution in [3.05, 3.63) is 71.8 Å². The third-order valence-corrected chi connectivity index (χ3v) is 5.94. The summed E-state index contributed by atoms with van der Waals surface area (Å²) in [6, 6.07) is 19.6. The fourth-order valence-corrected chi connectivity index (χ4v) is 4.14. The van der Waals surface area contributed by atoms with Gasteiger partial charge in [0.1, 0.15) is 13.2 Å². The van der Waals surface area contributed by atoms with Gasteiger partial charge < -0.3 is 9.47 Å². The van der Waals surface area contributed by atoms with Crippen molar-refractivity contribution in [1.29, 1.82) is 0 Å². The lowest BCUT2D eigenvalue weighted by atomic mass is 10.2. The van der Waals surface area contributed by atoms with Gasteiger partial charge in [0.15, 0.2) is 11.6 Å². The number of hydrogen-bond donors (Lipinski definition) is 0. The maximum Gasteiger partial charge on any atom is 0.168 e. The summed E-state index contributed by atoms with van der Waals surface area (Å²) >= 11 is 3.16. The number of thioether (sulfide) groups is 2. The Morgan fingerprint density at radius 3 is 1.43 bits per heavy atom. The van der Waals surface area contributed by atoms with Crippen LogP contribution in [0.4, 0.5) is 0 Å². The number of benzene rings is 2. The molecule has 0 radical (unpaired) electrons. The minimum atomic E-state index is 0.0938. The number of carbonyl (C=O) groups excluding carboxylic acids is 2. The molecule has 2 aromatic carbocycles. The third-order valence-electron chi connectivity index (χ3n) is 3.65. The van der Waals surface area contributed by atoms with E-state index in [9.17, 15) is 9.59 Å². The molecule has 0 aliphatic heterocycles. The standard InChI is InChI=1S/C22H26O4S2/c23-21(15-25-13-19-7-3-1-4-8-19)17-27-11-12-28-18-22(24)16-26-14-20-9-5-2-6-10-20/h1-10H,11-18H2. The third kappa shape index (κ3) is 10.7. The highest BCUT2D eigenvalue weighted by molar-refractivity contribution is 8.03. The Labute approximate surface area is 175 Å². The largest absolute Gasteiger partial charge is 0.369 e. The van der Waals surface area contributed by atoms with E-state index in [0.29, 0.717) is 24.7 Å². The molecule has 6 heteroatoms. The van der Waals surface area contributed by atoms with Gasteiger partial charge in [-0.3, -0.25) is 9.59 Å². The maximum absolute atomic E-state index is 11.8. The van der Waals surface area contributed by atoms with E-state index in [1.807, 2.05) is 60.7 Å². The molecule has 150 valence electrons. The van der Waals surface area contributed by atoms with Gasteiger partial charge in [0.05, 0.1) is 24.7 Å². The minimum Gasteiger partial charge on any atom is -0.369 e. The average molecular weight is 419 g/mol. The lowest BCUT2D eigenvalue weighted by Crippen LogP contribution is -2.12. The number of hydrogen-bond acceptors (Lipinski definition) is 6. The Hall–Kier alpha value is -1.60. The van der Waals surface area contributed by atoms with Crippen molar-refractivity contribution >= 4 is 35.1 Å². The first-order valence-corrected chi connectivity index (χ1v) is 11.5. The molecule has 0 fully saturated rings. The van der Waals surface area contributed by atoms with E-state index in [0.717, 1.165) is 22.6 Å². The lowest BCUT2D eigenvalue weighted by Gasteiger charge is -2.05. The normalized spacial score (nSPS) is 10.7. The van der Waals surface area contributed by atoms with Crippen molar-refractivity contribution in [3.63, 3.8) is 0 Å². The predicted molar refractivity (Wildman–Crippen MR) is 117 cm³/mol. The summed E-state index contributed by atoms with van der Waals surface area (Å²) in [5, 5.41) is 0. The summed E-state index contributed by atoms with van der Waals surface area (Å²) in [6.45, 7) is 1.21. The van der Waals surface area contributed by atoms with Crippen LogP contribution >= 0.6 is 23.5 Å². The summed E-state index contributed by atoms with van der Waals surface area (Å²) in [5.74, 6) is 2.76. The van der Waals surface area contributed by atoms with Crippen LogP contribution in [0.25, 0.3) is 0 Å². The molecule has 2 rings (SSSR count). The summed E-state index contributed by atoms with van der Waals surface area (Å²) in [5.41, 5.74) is 2.13. The predicted octanol–water partition coefficient (Wildman–Crippen LogP) is 4.02. The summed E-state index contributed by atoms with van der Waals surface area (Å²) in [7, 11) is 0. The van der Waals surface area contributed by atoms with Crippen LogP contribution in [0.3, 0.4) is 0 Å². The molecule has 0 heterocycles. The van der Waals surface area contributed by atoms with E-state index in [4.69, 9.17) is 9.47 Å². The molecule has 0 saturated carbocycles. The van der Waals surface area contributed by atoms with Crippen LogP contribution in [0.15, 0.2) is 60.7 Å². The Morgan fingerprint density at radius 1 is 0.643 bits per heavy atom. The van der Waals surface area contributed by atoms with Gasteiger partial charge in [-0.25, -0.2) is 0 Å². The number of ketones is 2. The highest BCUT2D eigenvalue weighted by Crippen LogP contribution is 2.08. The monoisotopic (exact) mass is 418 g/mol. The molecule has 0 atom stereocenters. The van der Waals surface area contributed by atoms with Gasteiger partial charge in [-0.15, -0.1) is 0 Å². The molecule has 0 N–H and O–H groups in total. The number of Topliss-reactive ketones (excluding diaryl/α,β-unsaturated/α-hetero) is 2. The molecular formula is C22H26O4S2. The molecule has 0 amide bonds. The fourth-order valence-electron chi connectivity index (χ4n) is 2.29. The molecule has 4 nitrogen and oxygen atoms in total. The topological polar surface area (TPSA) is 52.6 Å². The maximum atomic E-state index is 11.8. The van der Waals surface area contributed by atoms with E-state index in [1.165, 1.54) is 0 Å². The van der Waals surface area contributed by atoms with Gasteiger partial charge >= 0.3 is 0 Å². The van der Waals surface area contributed by atoms with Gasteiger partial charge in [-0.2, -0.15) is 23.5 Å². The molecule has 0 spiro atoms. The Morgan fingerprint density at radius 2 is 1.04 bits per heavy atom. The molecule has 28 heavy (non-hydrogen) atoms. The van der Waals surface area contributed by atoms with Crippen LogP contribution in [0.1, 0.15) is 11.1 Å². The van der Waals surface area contributed by atoms with Crippen LogP contribution in [0, 0.1) is 0 Å². The zero-order valence-corrected chi connectivity index (χ0v) is 17.5. The molecule has 0 aliphatic carbocycles. The lowest BCUT2D eigenvalue weighted by molar-refractivity contribution is -0.122. The van der Waals surface area contributed by atoms with Crippen LogP contribution in [0.2, 0.25) is 0 Å². The molecule has 0 unspecified atom stereocenters. The summed E-state index contributed by atoms with van der Waals surface area (Å²) in [4.78, 5) is 23.6. The number of ether oxygens (including phenoxy) is 2. The average Bonchev–Trinajstić information content (AvgIpc) is 2.72. The zero-order chi connectivity index (χ0) is 19.9. The first-order valence-electron chi connectivity index (χ1n) is 9.16. The van der Waals surface area contributed by atoms with E-state index < -0.39 is 0 Å². The van der Waals surface area contributed by atoms with Crippen molar-refractivity contribution in [3.8, 4) is 0 Å². The smallest absolute Gasteiger partial charge is 0.168 e. The fraction of sp³-hybridized carbons (Fsp3) is 0.364. The van der Waals surface area contributed by atoms with Crippen molar-refractivity contribution in [2.24, 2.45) is 0 Å². The minimum absolute atomic E-state index is 0.0938. The Kier molecular flexibility index (Phi) is 11.7. The van der Waals surface area contributed by atoms with E-state index in [-0.39, 0.29) is 24.8 Å². The zero-order valence-electron chi connectivity index (χ0n) is 15.9. The molecule has 0 saturated heterocycles. The van der Waals surface area contributed by atoms with Gasteiger partial charge in [-0.05, 0) is 11.1 Å². The van der Waals surface area contributed by atoms with Gasteiger partial charge in [0, 0.05) is 11.5 Å². The molecular weight excluding hydrogens is 392 g/mol. The van der Waals surface area contributed by atoms with E-state index >= 15 is 0 Å². The molecule has 0 bridgehead atoms. The van der Waals surface area contributed by atoms with Crippen LogP contribution < -0.4 is 0 Å². The Bertz CT molecular complexity index is 631. The summed E-state index contributed by atoms with van der Waals surface area (Å²) in [6.07, 6.45) is 0. The second kappa shape index (κ2) is 14.4. The first-order chi connectivity index (χ1) is 13.7. The van der Waals surface area contributed by atoms with Gasteiger partial charge in [0.25, 0.3) is 0 Å². The highest BCUT2D eigenvalue weighted by atomic mass is 32.2. The second-order valence-corrected chi connectivity index (χ2v) is 8.35. The Balaban J connectivity index is 1.40. The molecule has 2 aromatic rings. The van der Waals surface area contributed by atoms with Crippen molar-refractivity contribution < 1.29 is 19.1 Å². The quantitative estimate of drug-likeness (QED) is 0.407. The van der Waals surface area contributed by atoms with Crippen molar-refractivity contribution in [1.82, 2.24) is 0 Å². The summed E-state index contributed by atoms with van der Waals surface area (Å²) < 4.78 is 10.9. The van der Waals surface area contributed by atoms with Crippen LogP contribution in [0.5, 0.6) is 0 Å². The van der Waals surface area contributed by atoms with Gasteiger partial charge in [-0.1, -0.05) is 60.7 Å². The second-order valence-electron chi connectivity index (χ2n) is 6.14. The van der Waals surface area contributed by atoms with Crippen LogP contribution in [-0.2, 0) is 32.3 Å². The number of rotatable bonds is 15. The van der Waals surface area contributed by atoms with Crippen molar-refractivity contribution in [2.75, 3.05) is 36.2 Å². The van der Waals surface area contributed by atoms with E-state index in [1.54, 1.807) is 23.5 Å². The van der Waals surface area contributed by atoms with Crippen molar-refractivity contribution in [2.45, 2.75) is 13.2 Å². The number of carbonyl (C=O) groups is 2. The van der Waals surface area contributed by atoms with E-state index in [2.05, 4.69) is 0 Å². The molecule has 0 aliphatic rings. The molecule has 0 aromatic heterocycles. The SMILES string of the molecule is O=C(COCc1ccccc1)CSCCSCC(=O)COCc1ccccc1. The van der Waals surface area contributed by atoms with Crippen LogP contribution in [-0.4, -0.2) is 47.8 Å². The van der Waals surface area contributed by atoms with Gasteiger partial charge in [0.2, 0.25) is 0 Å².